The third-order valence-electron chi connectivity index (χ3n) is 2.39. The van der Waals surface area contributed by atoms with E-state index < -0.39 is 14.4 Å². The van der Waals surface area contributed by atoms with Crippen LogP contribution in [0.2, 0.25) is 19.6 Å². The van der Waals surface area contributed by atoms with Crippen LogP contribution in [0.25, 0.3) is 0 Å². The predicted molar refractivity (Wildman–Crippen MR) is 76.8 cm³/mol. The van der Waals surface area contributed by atoms with Crippen LogP contribution in [0.15, 0.2) is 24.3 Å². The summed E-state index contributed by atoms with van der Waals surface area (Å²) >= 11 is 0. The van der Waals surface area contributed by atoms with E-state index in [4.69, 9.17) is 13.9 Å². The van der Waals surface area contributed by atoms with E-state index in [1.54, 1.807) is 14.0 Å². The first-order chi connectivity index (χ1) is 8.87. The van der Waals surface area contributed by atoms with Gasteiger partial charge in [-0.15, -0.1) is 0 Å². The number of carbonyl (C=O) groups excluding carboxylic acids is 1. The molecule has 1 aromatic carbocycles. The van der Waals surface area contributed by atoms with Crippen molar-refractivity contribution in [1.29, 1.82) is 0 Å². The predicted octanol–water partition coefficient (Wildman–Crippen LogP) is 3.15. The molecule has 4 nitrogen and oxygen atoms in total. The molecule has 0 spiro atoms. The fourth-order valence-electron chi connectivity index (χ4n) is 1.60. The largest absolute Gasteiger partial charge is 0.497 e. The number of hydrogen-bond acceptors (Lipinski definition) is 4. The van der Waals surface area contributed by atoms with Crippen molar-refractivity contribution in [1.82, 2.24) is 0 Å². The van der Waals surface area contributed by atoms with Gasteiger partial charge in [0.05, 0.1) is 13.7 Å². The molecule has 106 valence electrons. The van der Waals surface area contributed by atoms with Gasteiger partial charge in [-0.05, 0) is 44.3 Å². The highest BCUT2D eigenvalue weighted by atomic mass is 28.4. The third kappa shape index (κ3) is 5.04. The molecule has 1 unspecified atom stereocenters. The zero-order valence-corrected chi connectivity index (χ0v) is 13.2. The Balaban J connectivity index is 2.97. The lowest BCUT2D eigenvalue weighted by molar-refractivity contribution is -0.152. The maximum Gasteiger partial charge on any atom is 0.338 e. The van der Waals surface area contributed by atoms with Gasteiger partial charge in [-0.2, -0.15) is 0 Å². The Morgan fingerprint density at radius 3 is 2.21 bits per heavy atom. The van der Waals surface area contributed by atoms with Crippen LogP contribution in [0.3, 0.4) is 0 Å². The first kappa shape index (κ1) is 15.7. The molecule has 0 saturated carbocycles. The van der Waals surface area contributed by atoms with Gasteiger partial charge in [0.2, 0.25) is 0 Å². The molecule has 0 fully saturated rings. The number of rotatable bonds is 6. The normalized spacial score (nSPS) is 12.9. The highest BCUT2D eigenvalue weighted by Gasteiger charge is 2.29. The molecule has 19 heavy (non-hydrogen) atoms. The van der Waals surface area contributed by atoms with Gasteiger partial charge < -0.3 is 13.9 Å². The van der Waals surface area contributed by atoms with Gasteiger partial charge >= 0.3 is 5.97 Å². The van der Waals surface area contributed by atoms with Crippen LogP contribution in [0, 0.1) is 0 Å². The fourth-order valence-corrected chi connectivity index (χ4v) is 2.54. The number of ether oxygens (including phenoxy) is 2. The second-order valence-corrected chi connectivity index (χ2v) is 9.60. The van der Waals surface area contributed by atoms with Gasteiger partial charge in [0.15, 0.2) is 14.4 Å². The van der Waals surface area contributed by atoms with E-state index >= 15 is 0 Å². The van der Waals surface area contributed by atoms with Crippen LogP contribution >= 0.6 is 0 Å². The van der Waals surface area contributed by atoms with Crippen molar-refractivity contribution < 1.29 is 18.7 Å². The molecule has 1 atom stereocenters. The minimum atomic E-state index is -1.85. The van der Waals surface area contributed by atoms with E-state index in [2.05, 4.69) is 0 Å². The van der Waals surface area contributed by atoms with Gasteiger partial charge in [-0.1, -0.05) is 12.1 Å². The molecular weight excluding hydrogens is 260 g/mol. The Morgan fingerprint density at radius 1 is 1.21 bits per heavy atom. The standard InChI is InChI=1S/C14H22O4Si/c1-6-17-14(15)13(18-19(3,4)5)11-7-9-12(16-2)10-8-11/h7-10,13H,6H2,1-5H3. The quantitative estimate of drug-likeness (QED) is 0.594. The Morgan fingerprint density at radius 2 is 1.79 bits per heavy atom. The lowest BCUT2D eigenvalue weighted by atomic mass is 10.1. The maximum atomic E-state index is 12.0. The average molecular weight is 282 g/mol. The molecule has 0 saturated heterocycles. The second-order valence-electron chi connectivity index (χ2n) is 5.14. The van der Waals surface area contributed by atoms with Crippen molar-refractivity contribution in [2.75, 3.05) is 13.7 Å². The molecule has 0 aliphatic carbocycles. The monoisotopic (exact) mass is 282 g/mol. The summed E-state index contributed by atoms with van der Waals surface area (Å²) in [5.74, 6) is 0.412. The number of hydrogen-bond donors (Lipinski definition) is 0. The maximum absolute atomic E-state index is 12.0. The first-order valence-electron chi connectivity index (χ1n) is 6.35. The van der Waals surface area contributed by atoms with Crippen molar-refractivity contribution in [3.8, 4) is 5.75 Å². The molecule has 0 bridgehead atoms. The van der Waals surface area contributed by atoms with Crippen molar-refractivity contribution in [2.45, 2.75) is 32.7 Å². The summed E-state index contributed by atoms with van der Waals surface area (Å²) in [4.78, 5) is 12.0. The van der Waals surface area contributed by atoms with Crippen LogP contribution in [0.5, 0.6) is 5.75 Å². The Bertz CT molecular complexity index is 408. The number of methoxy groups -OCH3 is 1. The minimum Gasteiger partial charge on any atom is -0.497 e. The van der Waals surface area contributed by atoms with Crippen LogP contribution in [-0.4, -0.2) is 28.0 Å². The summed E-state index contributed by atoms with van der Waals surface area (Å²) in [5.41, 5.74) is 0.793. The molecule has 1 rings (SSSR count). The molecule has 1 aromatic rings. The van der Waals surface area contributed by atoms with E-state index in [0.717, 1.165) is 11.3 Å². The molecule has 0 aliphatic rings. The van der Waals surface area contributed by atoms with Gasteiger partial charge in [0, 0.05) is 0 Å². The zero-order chi connectivity index (χ0) is 14.5. The smallest absolute Gasteiger partial charge is 0.338 e. The van der Waals surface area contributed by atoms with Crippen LogP contribution < -0.4 is 4.74 Å². The Kier molecular flexibility index (Phi) is 5.56. The van der Waals surface area contributed by atoms with Crippen LogP contribution in [0.4, 0.5) is 0 Å². The van der Waals surface area contributed by atoms with Gasteiger partial charge in [-0.3, -0.25) is 0 Å². The second kappa shape index (κ2) is 6.72. The Hall–Kier alpha value is -1.33. The van der Waals surface area contributed by atoms with E-state index in [9.17, 15) is 4.79 Å². The molecule has 0 aliphatic heterocycles. The average Bonchev–Trinajstić information content (AvgIpc) is 2.35. The summed E-state index contributed by atoms with van der Waals surface area (Å²) in [7, 11) is -0.241. The molecule has 0 radical (unpaired) electrons. The highest BCUT2D eigenvalue weighted by Crippen LogP contribution is 2.25. The van der Waals surface area contributed by atoms with E-state index in [1.807, 2.05) is 43.9 Å². The molecule has 5 heteroatoms. The van der Waals surface area contributed by atoms with Crippen LogP contribution in [-0.2, 0) is 14.0 Å². The molecule has 0 amide bonds. The van der Waals surface area contributed by atoms with Gasteiger partial charge in [0.1, 0.15) is 5.75 Å². The van der Waals surface area contributed by atoms with E-state index in [1.165, 1.54) is 0 Å². The van der Waals surface area contributed by atoms with Gasteiger partial charge in [-0.25, -0.2) is 4.79 Å². The zero-order valence-electron chi connectivity index (χ0n) is 12.2. The lowest BCUT2D eigenvalue weighted by Crippen LogP contribution is -2.32. The summed E-state index contributed by atoms with van der Waals surface area (Å²) in [6.07, 6.45) is -0.655. The van der Waals surface area contributed by atoms with Crippen molar-refractivity contribution in [3.63, 3.8) is 0 Å². The van der Waals surface area contributed by atoms with Crippen molar-refractivity contribution in [2.24, 2.45) is 0 Å². The van der Waals surface area contributed by atoms with E-state index in [-0.39, 0.29) is 5.97 Å². The molecule has 0 N–H and O–H groups in total. The molecule has 0 aromatic heterocycles. The number of benzene rings is 1. The topological polar surface area (TPSA) is 44.8 Å². The lowest BCUT2D eigenvalue weighted by Gasteiger charge is -2.25. The van der Waals surface area contributed by atoms with Crippen molar-refractivity contribution >= 4 is 14.3 Å². The fraction of sp³-hybridized carbons (Fsp3) is 0.500. The summed E-state index contributed by atoms with van der Waals surface area (Å²) in [6.45, 7) is 8.27. The SMILES string of the molecule is CCOC(=O)C(O[Si](C)(C)C)c1ccc(OC)cc1. The van der Waals surface area contributed by atoms with Crippen molar-refractivity contribution in [3.05, 3.63) is 29.8 Å². The first-order valence-corrected chi connectivity index (χ1v) is 9.76. The minimum absolute atomic E-state index is 0.338. The molecular formula is C14H22O4Si. The number of carbonyl (C=O) groups is 1. The van der Waals surface area contributed by atoms with E-state index in [0.29, 0.717) is 6.61 Å². The molecule has 0 heterocycles. The third-order valence-corrected chi connectivity index (χ3v) is 3.33. The highest BCUT2D eigenvalue weighted by molar-refractivity contribution is 6.69. The number of esters is 1. The van der Waals surface area contributed by atoms with Crippen LogP contribution in [0.1, 0.15) is 18.6 Å². The Labute approximate surface area is 115 Å². The summed E-state index contributed by atoms with van der Waals surface area (Å²) in [5, 5.41) is 0. The van der Waals surface area contributed by atoms with Gasteiger partial charge in [0.25, 0.3) is 0 Å². The summed E-state index contributed by atoms with van der Waals surface area (Å²) < 4.78 is 16.1. The summed E-state index contributed by atoms with van der Waals surface area (Å²) in [6, 6.07) is 7.30.